The number of carbonyl (C=O) groups excluding carboxylic acids is 1. The normalized spacial score (nSPS) is 11.0. The first-order chi connectivity index (χ1) is 10.4. The van der Waals surface area contributed by atoms with Gasteiger partial charge in [-0.05, 0) is 34.6 Å². The fourth-order valence-corrected chi connectivity index (χ4v) is 2.78. The first kappa shape index (κ1) is 16.5. The van der Waals surface area contributed by atoms with Crippen molar-refractivity contribution in [2.75, 3.05) is 0 Å². The van der Waals surface area contributed by atoms with Gasteiger partial charge in [-0.1, -0.05) is 11.6 Å². The molecule has 1 N–H and O–H groups in total. The second-order valence-corrected chi connectivity index (χ2v) is 5.59. The number of amides is 1. The molecule has 0 aromatic carbocycles. The Morgan fingerprint density at radius 1 is 1.09 bits per heavy atom. The van der Waals surface area contributed by atoms with E-state index in [1.165, 1.54) is 0 Å². The first-order valence-corrected chi connectivity index (χ1v) is 7.82. The van der Waals surface area contributed by atoms with Gasteiger partial charge in [-0.3, -0.25) is 14.2 Å². The van der Waals surface area contributed by atoms with E-state index in [-0.39, 0.29) is 5.91 Å². The van der Waals surface area contributed by atoms with Crippen molar-refractivity contribution < 1.29 is 4.79 Å². The molecule has 6 nitrogen and oxygen atoms in total. The molecule has 1 amide bonds. The number of rotatable bonds is 5. The lowest BCUT2D eigenvalue weighted by Gasteiger charge is -2.08. The van der Waals surface area contributed by atoms with E-state index in [4.69, 9.17) is 11.6 Å². The van der Waals surface area contributed by atoms with Gasteiger partial charge in [-0.2, -0.15) is 10.2 Å². The number of nitrogens with one attached hydrogen (secondary N) is 1. The minimum atomic E-state index is -0.213. The summed E-state index contributed by atoms with van der Waals surface area (Å²) in [4.78, 5) is 12.4. The summed E-state index contributed by atoms with van der Waals surface area (Å²) in [6, 6.07) is 0. The summed E-state index contributed by atoms with van der Waals surface area (Å²) in [5.41, 5.74) is 4.14. The second-order valence-electron chi connectivity index (χ2n) is 5.21. The lowest BCUT2D eigenvalue weighted by Crippen LogP contribution is -2.26. The number of aromatic nitrogens is 4. The number of hydrogen-bond acceptors (Lipinski definition) is 3. The Balaban J connectivity index is 2.19. The number of aryl methyl sites for hydroxylation is 4. The lowest BCUT2D eigenvalue weighted by atomic mass is 10.2. The molecule has 0 aliphatic heterocycles. The molecular weight excluding hydrogens is 302 g/mol. The van der Waals surface area contributed by atoms with Crippen LogP contribution >= 0.6 is 11.6 Å². The van der Waals surface area contributed by atoms with Gasteiger partial charge in [0.15, 0.2) is 0 Å². The van der Waals surface area contributed by atoms with Gasteiger partial charge >= 0.3 is 0 Å². The second kappa shape index (κ2) is 6.52. The molecule has 0 atom stereocenters. The largest absolute Gasteiger partial charge is 0.346 e. The molecule has 0 aliphatic carbocycles. The number of halogens is 1. The Hall–Kier alpha value is -1.82. The Bertz CT molecular complexity index is 701. The predicted octanol–water partition coefficient (Wildman–Crippen LogP) is 2.63. The molecule has 0 saturated heterocycles. The molecule has 2 heterocycles. The van der Waals surface area contributed by atoms with E-state index in [0.717, 1.165) is 23.5 Å². The van der Waals surface area contributed by atoms with Crippen LogP contribution in [0.3, 0.4) is 0 Å². The van der Waals surface area contributed by atoms with Gasteiger partial charge < -0.3 is 5.32 Å². The van der Waals surface area contributed by atoms with E-state index in [1.807, 2.05) is 32.4 Å². The third-order valence-electron chi connectivity index (χ3n) is 3.83. The third kappa shape index (κ3) is 2.88. The average Bonchev–Trinajstić information content (AvgIpc) is 2.94. The molecule has 0 fully saturated rings. The molecule has 2 aromatic heterocycles. The molecule has 22 heavy (non-hydrogen) atoms. The van der Waals surface area contributed by atoms with Crippen LogP contribution in [0.5, 0.6) is 0 Å². The maximum absolute atomic E-state index is 12.4. The third-order valence-corrected chi connectivity index (χ3v) is 4.28. The van der Waals surface area contributed by atoms with Crippen LogP contribution in [-0.4, -0.2) is 25.5 Å². The van der Waals surface area contributed by atoms with Gasteiger partial charge in [0.25, 0.3) is 5.91 Å². The zero-order chi connectivity index (χ0) is 16.4. The zero-order valence-corrected chi connectivity index (χ0v) is 14.5. The smallest absolute Gasteiger partial charge is 0.271 e. The molecular formula is C15H22ClN5O. The van der Waals surface area contributed by atoms with E-state index in [1.54, 1.807) is 11.6 Å². The molecule has 2 aromatic rings. The Morgan fingerprint density at radius 2 is 1.68 bits per heavy atom. The zero-order valence-electron chi connectivity index (χ0n) is 13.7. The van der Waals surface area contributed by atoms with Crippen LogP contribution in [0.4, 0.5) is 0 Å². The highest BCUT2D eigenvalue weighted by atomic mass is 35.5. The standard InChI is InChI=1S/C15H22ClN5O/c1-6-20-11(5)12(9(3)18-20)8-17-15(22)14-13(16)10(4)19-21(14)7-2/h6-8H2,1-5H3,(H,17,22). The summed E-state index contributed by atoms with van der Waals surface area (Å²) in [5, 5.41) is 12.1. The fraction of sp³-hybridized carbons (Fsp3) is 0.533. The summed E-state index contributed by atoms with van der Waals surface area (Å²) < 4.78 is 3.56. The highest BCUT2D eigenvalue weighted by Crippen LogP contribution is 2.20. The minimum Gasteiger partial charge on any atom is -0.346 e. The monoisotopic (exact) mass is 323 g/mol. The molecule has 2 rings (SSSR count). The molecule has 0 bridgehead atoms. The molecule has 7 heteroatoms. The summed E-state index contributed by atoms with van der Waals surface area (Å²) in [6.45, 7) is 11.6. The SMILES string of the molecule is CCn1nc(C)c(CNC(=O)c2c(Cl)c(C)nn2CC)c1C. The van der Waals surface area contributed by atoms with Gasteiger partial charge in [0.1, 0.15) is 5.69 Å². The van der Waals surface area contributed by atoms with Crippen molar-refractivity contribution >= 4 is 17.5 Å². The van der Waals surface area contributed by atoms with E-state index in [9.17, 15) is 4.79 Å². The predicted molar refractivity (Wildman–Crippen MR) is 86.2 cm³/mol. The van der Waals surface area contributed by atoms with Gasteiger partial charge in [0, 0.05) is 30.9 Å². The topological polar surface area (TPSA) is 64.7 Å². The summed E-state index contributed by atoms with van der Waals surface area (Å²) >= 11 is 6.20. The molecule has 0 spiro atoms. The first-order valence-electron chi connectivity index (χ1n) is 7.44. The molecule has 120 valence electrons. The summed E-state index contributed by atoms with van der Waals surface area (Å²) in [5.74, 6) is -0.213. The Labute approximate surface area is 135 Å². The number of carbonyl (C=O) groups is 1. The van der Waals surface area contributed by atoms with Crippen LogP contribution in [0.15, 0.2) is 0 Å². The van der Waals surface area contributed by atoms with Crippen LogP contribution in [0, 0.1) is 20.8 Å². The van der Waals surface area contributed by atoms with Crippen LogP contribution < -0.4 is 5.32 Å². The van der Waals surface area contributed by atoms with Crippen molar-refractivity contribution in [3.05, 3.63) is 33.4 Å². The van der Waals surface area contributed by atoms with Crippen molar-refractivity contribution in [1.82, 2.24) is 24.9 Å². The van der Waals surface area contributed by atoms with Crippen molar-refractivity contribution in [3.63, 3.8) is 0 Å². The lowest BCUT2D eigenvalue weighted by molar-refractivity contribution is 0.0940. The summed E-state index contributed by atoms with van der Waals surface area (Å²) in [7, 11) is 0. The highest BCUT2D eigenvalue weighted by Gasteiger charge is 2.20. The summed E-state index contributed by atoms with van der Waals surface area (Å²) in [6.07, 6.45) is 0. The van der Waals surface area contributed by atoms with Crippen molar-refractivity contribution in [2.45, 2.75) is 54.3 Å². The maximum Gasteiger partial charge on any atom is 0.271 e. The fourth-order valence-electron chi connectivity index (χ4n) is 2.56. The van der Waals surface area contributed by atoms with Gasteiger partial charge in [0.05, 0.1) is 16.4 Å². The Kier molecular flexibility index (Phi) is 4.90. The molecule has 0 unspecified atom stereocenters. The van der Waals surface area contributed by atoms with E-state index in [2.05, 4.69) is 15.5 Å². The maximum atomic E-state index is 12.4. The van der Waals surface area contributed by atoms with Crippen LogP contribution in [-0.2, 0) is 19.6 Å². The highest BCUT2D eigenvalue weighted by molar-refractivity contribution is 6.34. The van der Waals surface area contributed by atoms with Gasteiger partial charge in [-0.25, -0.2) is 0 Å². The average molecular weight is 324 g/mol. The molecule has 0 saturated carbocycles. The van der Waals surface area contributed by atoms with Gasteiger partial charge in [0.2, 0.25) is 0 Å². The van der Waals surface area contributed by atoms with Crippen LogP contribution in [0.1, 0.15) is 47.0 Å². The van der Waals surface area contributed by atoms with Crippen molar-refractivity contribution in [2.24, 2.45) is 0 Å². The molecule has 0 radical (unpaired) electrons. The van der Waals surface area contributed by atoms with E-state index in [0.29, 0.717) is 29.5 Å². The van der Waals surface area contributed by atoms with Crippen LogP contribution in [0.25, 0.3) is 0 Å². The molecule has 0 aliphatic rings. The van der Waals surface area contributed by atoms with E-state index >= 15 is 0 Å². The van der Waals surface area contributed by atoms with E-state index < -0.39 is 0 Å². The van der Waals surface area contributed by atoms with Crippen molar-refractivity contribution in [1.29, 1.82) is 0 Å². The number of nitrogens with zero attached hydrogens (tertiary/aromatic N) is 4. The number of hydrogen-bond donors (Lipinski definition) is 1. The van der Waals surface area contributed by atoms with Crippen LogP contribution in [0.2, 0.25) is 5.02 Å². The quantitative estimate of drug-likeness (QED) is 0.920. The van der Waals surface area contributed by atoms with Gasteiger partial charge in [-0.15, -0.1) is 0 Å². The minimum absolute atomic E-state index is 0.213. The Morgan fingerprint density at radius 3 is 2.23 bits per heavy atom. The van der Waals surface area contributed by atoms with Crippen molar-refractivity contribution in [3.8, 4) is 0 Å².